The average Bonchev–Trinajstić information content (AvgIpc) is 2.72. The molecule has 0 aliphatic carbocycles. The molecule has 0 saturated carbocycles. The van der Waals surface area contributed by atoms with Gasteiger partial charge in [-0.15, -0.1) is 0 Å². The second kappa shape index (κ2) is 5.69. The first-order valence-electron chi connectivity index (χ1n) is 6.46. The molecular weight excluding hydrogens is 240 g/mol. The number of H-pyrrole nitrogens is 1. The Hall–Kier alpha value is -2.10. The van der Waals surface area contributed by atoms with Crippen molar-refractivity contribution in [3.05, 3.63) is 41.1 Å². The van der Waals surface area contributed by atoms with E-state index in [0.717, 1.165) is 35.4 Å². The van der Waals surface area contributed by atoms with Crippen LogP contribution in [0.25, 0.3) is 11.3 Å². The number of aliphatic carboxylic acids is 1. The lowest BCUT2D eigenvalue weighted by atomic mass is 10.0. The van der Waals surface area contributed by atoms with Crippen molar-refractivity contribution in [3.63, 3.8) is 0 Å². The molecule has 0 aliphatic rings. The van der Waals surface area contributed by atoms with Gasteiger partial charge in [0.2, 0.25) is 0 Å². The van der Waals surface area contributed by atoms with Crippen molar-refractivity contribution < 1.29 is 9.90 Å². The lowest BCUT2D eigenvalue weighted by Crippen LogP contribution is -2.02. The second-order valence-electron chi connectivity index (χ2n) is 4.69. The van der Waals surface area contributed by atoms with Crippen LogP contribution in [-0.2, 0) is 17.6 Å². The Kier molecular flexibility index (Phi) is 4.00. The van der Waals surface area contributed by atoms with Gasteiger partial charge in [-0.1, -0.05) is 37.6 Å². The van der Waals surface area contributed by atoms with Gasteiger partial charge in [-0.25, -0.2) is 0 Å². The third-order valence-corrected chi connectivity index (χ3v) is 3.17. The van der Waals surface area contributed by atoms with Gasteiger partial charge in [0, 0.05) is 16.8 Å². The van der Waals surface area contributed by atoms with Gasteiger partial charge in [0.1, 0.15) is 0 Å². The maximum absolute atomic E-state index is 10.9. The van der Waals surface area contributed by atoms with Crippen molar-refractivity contribution in [1.82, 2.24) is 10.2 Å². The summed E-state index contributed by atoms with van der Waals surface area (Å²) in [4.78, 5) is 10.9. The first kappa shape index (κ1) is 13.3. The van der Waals surface area contributed by atoms with E-state index in [2.05, 4.69) is 29.3 Å². The van der Waals surface area contributed by atoms with Gasteiger partial charge < -0.3 is 5.11 Å². The van der Waals surface area contributed by atoms with E-state index in [0.29, 0.717) is 0 Å². The van der Waals surface area contributed by atoms with Gasteiger partial charge in [-0.3, -0.25) is 9.89 Å². The summed E-state index contributed by atoms with van der Waals surface area (Å²) in [6.07, 6.45) is 2.17. The highest BCUT2D eigenvalue weighted by molar-refractivity contribution is 5.75. The summed E-state index contributed by atoms with van der Waals surface area (Å²) in [7, 11) is 0. The molecular formula is C15H18N2O2. The number of benzene rings is 1. The predicted octanol–water partition coefficient (Wildman–Crippen LogP) is 2.96. The topological polar surface area (TPSA) is 66.0 Å². The molecule has 4 heteroatoms. The average molecular weight is 258 g/mol. The Morgan fingerprint density at radius 1 is 1.32 bits per heavy atom. The molecule has 2 aromatic rings. The van der Waals surface area contributed by atoms with Crippen molar-refractivity contribution in [2.75, 3.05) is 0 Å². The standard InChI is InChI=1S/C15H18N2O2/c1-3-4-11-5-7-12(8-6-11)15-13(9-14(18)19)10(2)16-17-15/h5-8H,3-4,9H2,1-2H3,(H,16,17)(H,18,19). The van der Waals surface area contributed by atoms with E-state index in [1.807, 2.05) is 19.1 Å². The fraction of sp³-hybridized carbons (Fsp3) is 0.333. The summed E-state index contributed by atoms with van der Waals surface area (Å²) in [6, 6.07) is 8.17. The Bertz CT molecular complexity index is 570. The third-order valence-electron chi connectivity index (χ3n) is 3.17. The number of carboxylic acids is 1. The van der Waals surface area contributed by atoms with E-state index in [-0.39, 0.29) is 6.42 Å². The molecule has 1 aromatic heterocycles. The van der Waals surface area contributed by atoms with Gasteiger partial charge in [-0.05, 0) is 18.9 Å². The molecule has 100 valence electrons. The van der Waals surface area contributed by atoms with Crippen LogP contribution in [0.3, 0.4) is 0 Å². The molecule has 0 amide bonds. The van der Waals surface area contributed by atoms with E-state index in [9.17, 15) is 4.79 Å². The van der Waals surface area contributed by atoms with E-state index in [1.54, 1.807) is 0 Å². The molecule has 1 aromatic carbocycles. The van der Waals surface area contributed by atoms with Crippen LogP contribution < -0.4 is 0 Å². The zero-order valence-electron chi connectivity index (χ0n) is 11.2. The Labute approximate surface area is 112 Å². The highest BCUT2D eigenvalue weighted by atomic mass is 16.4. The lowest BCUT2D eigenvalue weighted by molar-refractivity contribution is -0.136. The van der Waals surface area contributed by atoms with Gasteiger partial charge in [0.25, 0.3) is 0 Å². The van der Waals surface area contributed by atoms with Crippen LogP contribution in [-0.4, -0.2) is 21.3 Å². The van der Waals surface area contributed by atoms with Gasteiger partial charge in [0.05, 0.1) is 12.1 Å². The van der Waals surface area contributed by atoms with Crippen molar-refractivity contribution in [2.24, 2.45) is 0 Å². The molecule has 2 rings (SSSR count). The fourth-order valence-corrected chi connectivity index (χ4v) is 2.18. The Morgan fingerprint density at radius 2 is 2.00 bits per heavy atom. The summed E-state index contributed by atoms with van der Waals surface area (Å²) < 4.78 is 0. The second-order valence-corrected chi connectivity index (χ2v) is 4.69. The normalized spacial score (nSPS) is 10.6. The molecule has 0 aliphatic heterocycles. The summed E-state index contributed by atoms with van der Waals surface area (Å²) in [5.41, 5.74) is 4.56. The molecule has 4 nitrogen and oxygen atoms in total. The first-order chi connectivity index (χ1) is 9.11. The fourth-order valence-electron chi connectivity index (χ4n) is 2.18. The smallest absolute Gasteiger partial charge is 0.307 e. The number of nitrogens with one attached hydrogen (secondary N) is 1. The van der Waals surface area contributed by atoms with Crippen LogP contribution in [0.15, 0.2) is 24.3 Å². The van der Waals surface area contributed by atoms with Crippen molar-refractivity contribution in [3.8, 4) is 11.3 Å². The van der Waals surface area contributed by atoms with Gasteiger partial charge in [0.15, 0.2) is 0 Å². The number of aromatic amines is 1. The van der Waals surface area contributed by atoms with Crippen molar-refractivity contribution >= 4 is 5.97 Å². The maximum atomic E-state index is 10.9. The minimum absolute atomic E-state index is 0.00558. The summed E-state index contributed by atoms with van der Waals surface area (Å²) in [5, 5.41) is 16.0. The van der Waals surface area contributed by atoms with Crippen LogP contribution >= 0.6 is 0 Å². The quantitative estimate of drug-likeness (QED) is 0.866. The van der Waals surface area contributed by atoms with E-state index in [4.69, 9.17) is 5.11 Å². The van der Waals surface area contributed by atoms with Crippen LogP contribution in [0.5, 0.6) is 0 Å². The van der Waals surface area contributed by atoms with Crippen LogP contribution in [0.1, 0.15) is 30.2 Å². The van der Waals surface area contributed by atoms with E-state index in [1.165, 1.54) is 5.56 Å². The van der Waals surface area contributed by atoms with E-state index < -0.39 is 5.97 Å². The summed E-state index contributed by atoms with van der Waals surface area (Å²) in [6.45, 7) is 4.00. The molecule has 0 fully saturated rings. The largest absolute Gasteiger partial charge is 0.481 e. The summed E-state index contributed by atoms with van der Waals surface area (Å²) >= 11 is 0. The van der Waals surface area contributed by atoms with Gasteiger partial charge in [-0.2, -0.15) is 5.10 Å². The third kappa shape index (κ3) is 3.02. The van der Waals surface area contributed by atoms with E-state index >= 15 is 0 Å². The first-order valence-corrected chi connectivity index (χ1v) is 6.46. The van der Waals surface area contributed by atoms with Gasteiger partial charge >= 0.3 is 5.97 Å². The number of nitrogens with zero attached hydrogens (tertiary/aromatic N) is 1. The zero-order valence-corrected chi connectivity index (χ0v) is 11.2. The molecule has 0 radical (unpaired) electrons. The monoisotopic (exact) mass is 258 g/mol. The molecule has 19 heavy (non-hydrogen) atoms. The number of aryl methyl sites for hydroxylation is 2. The number of hydrogen-bond donors (Lipinski definition) is 2. The zero-order chi connectivity index (χ0) is 13.8. The molecule has 0 spiro atoms. The van der Waals surface area contributed by atoms with Crippen LogP contribution in [0.4, 0.5) is 0 Å². The highest BCUT2D eigenvalue weighted by Crippen LogP contribution is 2.24. The Balaban J connectivity index is 2.33. The lowest BCUT2D eigenvalue weighted by Gasteiger charge is -2.03. The number of aromatic nitrogens is 2. The molecule has 1 heterocycles. The molecule has 0 bridgehead atoms. The minimum Gasteiger partial charge on any atom is -0.481 e. The number of rotatable bonds is 5. The molecule has 0 saturated heterocycles. The summed E-state index contributed by atoms with van der Waals surface area (Å²) in [5.74, 6) is -0.839. The predicted molar refractivity (Wildman–Crippen MR) is 74.1 cm³/mol. The Morgan fingerprint density at radius 3 is 2.58 bits per heavy atom. The SMILES string of the molecule is CCCc1ccc(-c2n[nH]c(C)c2CC(=O)O)cc1. The number of hydrogen-bond acceptors (Lipinski definition) is 2. The number of carboxylic acid groups (broad SMARTS) is 1. The molecule has 2 N–H and O–H groups in total. The maximum Gasteiger partial charge on any atom is 0.307 e. The van der Waals surface area contributed by atoms with Crippen LogP contribution in [0, 0.1) is 6.92 Å². The highest BCUT2D eigenvalue weighted by Gasteiger charge is 2.14. The molecule has 0 unspecified atom stereocenters. The van der Waals surface area contributed by atoms with Crippen molar-refractivity contribution in [2.45, 2.75) is 33.1 Å². The number of carbonyl (C=O) groups is 1. The van der Waals surface area contributed by atoms with Crippen LogP contribution in [0.2, 0.25) is 0 Å². The molecule has 0 atom stereocenters. The minimum atomic E-state index is -0.839. The van der Waals surface area contributed by atoms with Crippen molar-refractivity contribution in [1.29, 1.82) is 0 Å².